The number of hydrogen-bond donors (Lipinski definition) is 0. The van der Waals surface area contributed by atoms with Crippen molar-refractivity contribution in [2.75, 3.05) is 12.1 Å². The number of fused-ring (bicyclic) bond motifs is 1. The number of benzene rings is 1. The maximum absolute atomic E-state index is 4.67. The summed E-state index contributed by atoms with van der Waals surface area (Å²) in [6.07, 6.45) is 5.33. The second-order valence-electron chi connectivity index (χ2n) is 8.83. The second-order valence-corrected chi connectivity index (χ2v) is 8.83. The number of piperidine rings is 1. The van der Waals surface area contributed by atoms with E-state index in [4.69, 9.17) is 0 Å². The summed E-state index contributed by atoms with van der Waals surface area (Å²) in [5.74, 6) is 0.834. The third-order valence-corrected chi connectivity index (χ3v) is 5.72. The maximum atomic E-state index is 4.67. The van der Waals surface area contributed by atoms with E-state index in [0.29, 0.717) is 0 Å². The molecule has 0 aliphatic carbocycles. The molecule has 1 aromatic carbocycles. The highest BCUT2D eigenvalue weighted by Gasteiger charge is 2.44. The van der Waals surface area contributed by atoms with Crippen LogP contribution in [0.3, 0.4) is 0 Å². The van der Waals surface area contributed by atoms with Gasteiger partial charge < -0.3 is 0 Å². The summed E-state index contributed by atoms with van der Waals surface area (Å²) in [6.45, 7) is 9.21. The molecule has 1 fully saturated rings. The molecule has 28 heavy (non-hydrogen) atoms. The highest BCUT2D eigenvalue weighted by atomic mass is 15.7. The largest absolute Gasteiger partial charge is 0.290 e. The van der Waals surface area contributed by atoms with E-state index in [2.05, 4.69) is 64.9 Å². The molecule has 3 heterocycles. The molecule has 0 saturated carbocycles. The van der Waals surface area contributed by atoms with E-state index in [9.17, 15) is 0 Å². The van der Waals surface area contributed by atoms with Gasteiger partial charge in [-0.15, -0.1) is 10.2 Å². The summed E-state index contributed by atoms with van der Waals surface area (Å²) in [5.41, 5.74) is 3.35. The van der Waals surface area contributed by atoms with Crippen LogP contribution in [0.5, 0.6) is 0 Å². The number of aromatic nitrogens is 4. The van der Waals surface area contributed by atoms with Gasteiger partial charge in [0.2, 0.25) is 0 Å². The van der Waals surface area contributed by atoms with E-state index in [1.807, 2.05) is 36.4 Å². The number of hydrogen-bond acceptors (Lipinski definition) is 6. The lowest BCUT2D eigenvalue weighted by molar-refractivity contribution is -0.0332. The van der Waals surface area contributed by atoms with Crippen LogP contribution >= 0.6 is 0 Å². The molecule has 2 aromatic heterocycles. The van der Waals surface area contributed by atoms with Crippen LogP contribution in [0.2, 0.25) is 0 Å². The molecule has 1 aliphatic rings. The van der Waals surface area contributed by atoms with Crippen LogP contribution < -0.4 is 5.01 Å². The standard InChI is InChI=1S/C22H28N6/c1-21(2)13-8-14-22(3,4)28(21)27(5)20-12-11-18(25-26-20)19-15-23-16-9-6-7-10-17(16)24-19/h6-7,9-12,15H,8,13-14H2,1-5H3. The van der Waals surface area contributed by atoms with Gasteiger partial charge in [-0.25, -0.2) is 9.99 Å². The summed E-state index contributed by atoms with van der Waals surface area (Å²) >= 11 is 0. The Balaban J connectivity index is 1.63. The highest BCUT2D eigenvalue weighted by molar-refractivity contribution is 5.76. The van der Waals surface area contributed by atoms with Crippen LogP contribution in [-0.2, 0) is 0 Å². The van der Waals surface area contributed by atoms with E-state index in [1.165, 1.54) is 19.3 Å². The first kappa shape index (κ1) is 18.7. The average Bonchev–Trinajstić information content (AvgIpc) is 2.66. The van der Waals surface area contributed by atoms with Crippen molar-refractivity contribution in [2.24, 2.45) is 0 Å². The summed E-state index contributed by atoms with van der Waals surface area (Å²) in [7, 11) is 2.08. The second kappa shape index (κ2) is 6.78. The van der Waals surface area contributed by atoms with Crippen molar-refractivity contribution in [3.8, 4) is 11.4 Å². The Morgan fingerprint density at radius 3 is 2.18 bits per heavy atom. The molecule has 146 valence electrons. The molecular formula is C22H28N6. The Bertz CT molecular complexity index is 964. The maximum Gasteiger partial charge on any atom is 0.165 e. The summed E-state index contributed by atoms with van der Waals surface area (Å²) in [5, 5.41) is 13.6. The molecule has 0 atom stereocenters. The normalized spacial score (nSPS) is 18.9. The predicted molar refractivity (Wildman–Crippen MR) is 113 cm³/mol. The number of hydrazine groups is 1. The average molecular weight is 377 g/mol. The van der Waals surface area contributed by atoms with Crippen molar-refractivity contribution in [3.63, 3.8) is 0 Å². The van der Waals surface area contributed by atoms with Crippen molar-refractivity contribution >= 4 is 16.9 Å². The molecule has 0 spiro atoms. The van der Waals surface area contributed by atoms with Crippen LogP contribution in [0.25, 0.3) is 22.4 Å². The van der Waals surface area contributed by atoms with Crippen molar-refractivity contribution < 1.29 is 0 Å². The molecule has 6 heteroatoms. The fourth-order valence-electron chi connectivity index (χ4n) is 4.61. The fourth-order valence-corrected chi connectivity index (χ4v) is 4.61. The summed E-state index contributed by atoms with van der Waals surface area (Å²) in [6, 6.07) is 11.8. The van der Waals surface area contributed by atoms with Gasteiger partial charge in [0.05, 0.1) is 17.2 Å². The van der Waals surface area contributed by atoms with E-state index in [-0.39, 0.29) is 11.1 Å². The number of nitrogens with zero attached hydrogens (tertiary/aromatic N) is 6. The van der Waals surface area contributed by atoms with E-state index in [0.717, 1.165) is 28.2 Å². The zero-order valence-electron chi connectivity index (χ0n) is 17.3. The van der Waals surface area contributed by atoms with Gasteiger partial charge in [-0.05, 0) is 71.2 Å². The Kier molecular flexibility index (Phi) is 4.54. The molecule has 0 unspecified atom stereocenters. The third kappa shape index (κ3) is 3.33. The SMILES string of the molecule is CN(c1ccc(-c2cnc3ccccc3n2)nn1)N1C(C)(C)CCCC1(C)C. The van der Waals surface area contributed by atoms with Gasteiger partial charge in [-0.2, -0.15) is 0 Å². The predicted octanol–water partition coefficient (Wildman–Crippen LogP) is 4.48. The van der Waals surface area contributed by atoms with Crippen LogP contribution in [0.15, 0.2) is 42.6 Å². The molecule has 0 amide bonds. The lowest BCUT2D eigenvalue weighted by Crippen LogP contribution is -2.64. The molecule has 6 nitrogen and oxygen atoms in total. The minimum Gasteiger partial charge on any atom is -0.290 e. The quantitative estimate of drug-likeness (QED) is 0.672. The first-order valence-corrected chi connectivity index (χ1v) is 9.88. The van der Waals surface area contributed by atoms with Crippen molar-refractivity contribution in [3.05, 3.63) is 42.6 Å². The molecule has 0 bridgehead atoms. The minimum absolute atomic E-state index is 0.0701. The third-order valence-electron chi connectivity index (χ3n) is 5.72. The summed E-state index contributed by atoms with van der Waals surface area (Å²) < 4.78 is 0. The molecule has 0 radical (unpaired) electrons. The van der Waals surface area contributed by atoms with Gasteiger partial charge in [0.25, 0.3) is 0 Å². The molecule has 1 aliphatic heterocycles. The van der Waals surface area contributed by atoms with Gasteiger partial charge in [0, 0.05) is 18.1 Å². The Labute approximate surface area is 166 Å². The monoisotopic (exact) mass is 376 g/mol. The zero-order chi connectivity index (χ0) is 19.9. The van der Waals surface area contributed by atoms with Crippen molar-refractivity contribution in [1.82, 2.24) is 25.2 Å². The van der Waals surface area contributed by atoms with Gasteiger partial charge in [-0.1, -0.05) is 12.1 Å². The molecule has 3 aromatic rings. The van der Waals surface area contributed by atoms with E-state index < -0.39 is 0 Å². The summed E-state index contributed by atoms with van der Waals surface area (Å²) in [4.78, 5) is 9.14. The molecule has 1 saturated heterocycles. The Morgan fingerprint density at radius 1 is 0.857 bits per heavy atom. The highest BCUT2D eigenvalue weighted by Crippen LogP contribution is 2.40. The van der Waals surface area contributed by atoms with E-state index >= 15 is 0 Å². The zero-order valence-corrected chi connectivity index (χ0v) is 17.3. The van der Waals surface area contributed by atoms with Gasteiger partial charge in [-0.3, -0.25) is 9.99 Å². The Hall–Kier alpha value is -2.60. The van der Waals surface area contributed by atoms with E-state index in [1.54, 1.807) is 6.20 Å². The van der Waals surface area contributed by atoms with Crippen LogP contribution in [-0.4, -0.2) is 43.3 Å². The topological polar surface area (TPSA) is 58.0 Å². The van der Waals surface area contributed by atoms with Crippen LogP contribution in [0.1, 0.15) is 47.0 Å². The molecular weight excluding hydrogens is 348 g/mol. The molecule has 0 N–H and O–H groups in total. The molecule has 4 rings (SSSR count). The van der Waals surface area contributed by atoms with Crippen molar-refractivity contribution in [2.45, 2.75) is 58.0 Å². The fraction of sp³-hybridized carbons (Fsp3) is 0.455. The Morgan fingerprint density at radius 2 is 1.54 bits per heavy atom. The number of para-hydroxylation sites is 2. The van der Waals surface area contributed by atoms with Crippen molar-refractivity contribution in [1.29, 1.82) is 0 Å². The smallest absolute Gasteiger partial charge is 0.165 e. The van der Waals surface area contributed by atoms with Gasteiger partial charge in [0.15, 0.2) is 5.82 Å². The van der Waals surface area contributed by atoms with Gasteiger partial charge >= 0.3 is 0 Å². The lowest BCUT2D eigenvalue weighted by Gasteiger charge is -2.56. The minimum atomic E-state index is 0.0701. The van der Waals surface area contributed by atoms with Crippen LogP contribution in [0.4, 0.5) is 5.82 Å². The number of anilines is 1. The van der Waals surface area contributed by atoms with Gasteiger partial charge in [0.1, 0.15) is 11.4 Å². The lowest BCUT2D eigenvalue weighted by atomic mass is 9.81. The number of rotatable bonds is 3. The first-order chi connectivity index (χ1) is 13.3. The first-order valence-electron chi connectivity index (χ1n) is 9.88. The van der Waals surface area contributed by atoms with Crippen LogP contribution in [0, 0.1) is 0 Å².